The molecule has 0 spiro atoms. The number of likely N-dealkylation sites (tertiary alicyclic amines) is 1. The summed E-state index contributed by atoms with van der Waals surface area (Å²) in [7, 11) is 1.63. The molecule has 0 radical (unpaired) electrons. The number of nitrogens with zero attached hydrogens (tertiary/aromatic N) is 3. The maximum absolute atomic E-state index is 12.4. The molecule has 1 saturated heterocycles. The highest BCUT2D eigenvalue weighted by Gasteiger charge is 2.24. The molecule has 1 unspecified atom stereocenters. The van der Waals surface area contributed by atoms with Gasteiger partial charge in [-0.2, -0.15) is 4.68 Å². The summed E-state index contributed by atoms with van der Waals surface area (Å²) in [5, 5.41) is 4.59. The van der Waals surface area contributed by atoms with Gasteiger partial charge in [0.2, 0.25) is 0 Å². The quantitative estimate of drug-likeness (QED) is 0.716. The Labute approximate surface area is 164 Å². The number of hydrogen-bond acceptors (Lipinski definition) is 4. The number of benzene rings is 2. The highest BCUT2D eigenvalue weighted by Crippen LogP contribution is 2.24. The molecule has 0 amide bonds. The van der Waals surface area contributed by atoms with Crippen LogP contribution in [0.15, 0.2) is 59.4 Å². The lowest BCUT2D eigenvalue weighted by molar-refractivity contribution is 0.206. The Balaban J connectivity index is 1.44. The number of aromatic nitrogens is 3. The van der Waals surface area contributed by atoms with Gasteiger partial charge in [-0.25, -0.2) is 4.79 Å². The van der Waals surface area contributed by atoms with E-state index in [0.29, 0.717) is 0 Å². The Kier molecular flexibility index (Phi) is 5.58. The lowest BCUT2D eigenvalue weighted by Crippen LogP contribution is -2.36. The van der Waals surface area contributed by atoms with E-state index in [2.05, 4.69) is 45.3 Å². The normalized spacial score (nSPS) is 17.5. The van der Waals surface area contributed by atoms with Crippen LogP contribution in [-0.4, -0.2) is 46.4 Å². The minimum Gasteiger partial charge on any atom is -0.497 e. The Hall–Kier alpha value is -2.86. The van der Waals surface area contributed by atoms with Gasteiger partial charge in [0.25, 0.3) is 0 Å². The van der Waals surface area contributed by atoms with E-state index in [9.17, 15) is 4.79 Å². The van der Waals surface area contributed by atoms with Crippen LogP contribution in [-0.2, 0) is 6.42 Å². The minimum absolute atomic E-state index is 0.193. The molecule has 4 rings (SSSR count). The predicted octanol–water partition coefficient (Wildman–Crippen LogP) is 2.99. The van der Waals surface area contributed by atoms with Gasteiger partial charge < -0.3 is 9.64 Å². The Morgan fingerprint density at radius 3 is 2.68 bits per heavy atom. The lowest BCUT2D eigenvalue weighted by atomic mass is 9.97. The first kappa shape index (κ1) is 18.5. The molecule has 1 aliphatic heterocycles. The Morgan fingerprint density at radius 2 is 1.93 bits per heavy atom. The van der Waals surface area contributed by atoms with Crippen molar-refractivity contribution < 1.29 is 4.74 Å². The summed E-state index contributed by atoms with van der Waals surface area (Å²) in [5.41, 5.74) is 1.91. The van der Waals surface area contributed by atoms with Gasteiger partial charge >= 0.3 is 5.69 Å². The molecule has 2 heterocycles. The number of nitrogens with one attached hydrogen (secondary N) is 1. The SMILES string of the molecule is COc1ccc(-n2nc(C3CCCN(CCc4ccccc4)C3)[nH]c2=O)cc1. The van der Waals surface area contributed by atoms with Crippen molar-refractivity contribution in [3.05, 3.63) is 76.5 Å². The van der Waals surface area contributed by atoms with Gasteiger partial charge in [-0.05, 0) is 55.6 Å². The molecule has 1 N–H and O–H groups in total. The van der Waals surface area contributed by atoms with Gasteiger partial charge in [-0.3, -0.25) is 4.98 Å². The first-order valence-corrected chi connectivity index (χ1v) is 9.83. The predicted molar refractivity (Wildman–Crippen MR) is 109 cm³/mol. The summed E-state index contributed by atoms with van der Waals surface area (Å²) < 4.78 is 6.62. The zero-order valence-electron chi connectivity index (χ0n) is 16.2. The number of ether oxygens (including phenoxy) is 1. The first-order chi connectivity index (χ1) is 13.7. The molecular formula is C22H26N4O2. The van der Waals surface area contributed by atoms with Crippen molar-refractivity contribution in [2.24, 2.45) is 0 Å². The van der Waals surface area contributed by atoms with Gasteiger partial charge in [0.15, 0.2) is 0 Å². The van der Waals surface area contributed by atoms with Crippen LogP contribution in [0.25, 0.3) is 5.69 Å². The second-order valence-electron chi connectivity index (χ2n) is 7.30. The van der Waals surface area contributed by atoms with Crippen molar-refractivity contribution in [1.29, 1.82) is 0 Å². The van der Waals surface area contributed by atoms with Crippen molar-refractivity contribution in [1.82, 2.24) is 19.7 Å². The molecule has 0 bridgehead atoms. The monoisotopic (exact) mass is 378 g/mol. The number of piperidine rings is 1. The van der Waals surface area contributed by atoms with Crippen LogP contribution in [0.2, 0.25) is 0 Å². The summed E-state index contributed by atoms with van der Waals surface area (Å²) in [6, 6.07) is 17.9. The van der Waals surface area contributed by atoms with Crippen molar-refractivity contribution in [3.8, 4) is 11.4 Å². The molecular weight excluding hydrogens is 352 g/mol. The molecule has 0 aliphatic carbocycles. The number of H-pyrrole nitrogens is 1. The molecule has 28 heavy (non-hydrogen) atoms. The van der Waals surface area contributed by atoms with E-state index in [-0.39, 0.29) is 11.6 Å². The van der Waals surface area contributed by atoms with Crippen LogP contribution in [0.1, 0.15) is 30.1 Å². The number of methoxy groups -OCH3 is 1. The number of hydrogen-bond donors (Lipinski definition) is 1. The van der Waals surface area contributed by atoms with Crippen LogP contribution in [0.5, 0.6) is 5.75 Å². The zero-order chi connectivity index (χ0) is 19.3. The molecule has 3 aromatic rings. The molecule has 6 heteroatoms. The topological polar surface area (TPSA) is 63.1 Å². The summed E-state index contributed by atoms with van der Waals surface area (Å²) in [5.74, 6) is 1.80. The van der Waals surface area contributed by atoms with Crippen molar-refractivity contribution in [2.75, 3.05) is 26.7 Å². The van der Waals surface area contributed by atoms with E-state index in [1.807, 2.05) is 24.3 Å². The van der Waals surface area contributed by atoms with Gasteiger partial charge in [0.1, 0.15) is 11.6 Å². The van der Waals surface area contributed by atoms with Crippen molar-refractivity contribution >= 4 is 0 Å². The average molecular weight is 378 g/mol. The fourth-order valence-electron chi connectivity index (χ4n) is 3.84. The van der Waals surface area contributed by atoms with E-state index in [1.165, 1.54) is 10.2 Å². The van der Waals surface area contributed by atoms with Crippen LogP contribution in [0, 0.1) is 0 Å². The second-order valence-corrected chi connectivity index (χ2v) is 7.30. The van der Waals surface area contributed by atoms with Crippen LogP contribution in [0.3, 0.4) is 0 Å². The van der Waals surface area contributed by atoms with E-state index in [1.54, 1.807) is 7.11 Å². The smallest absolute Gasteiger partial charge is 0.348 e. The first-order valence-electron chi connectivity index (χ1n) is 9.83. The van der Waals surface area contributed by atoms with Gasteiger partial charge in [0.05, 0.1) is 12.8 Å². The molecule has 0 saturated carbocycles. The van der Waals surface area contributed by atoms with Crippen LogP contribution in [0.4, 0.5) is 0 Å². The highest BCUT2D eigenvalue weighted by molar-refractivity contribution is 5.36. The van der Waals surface area contributed by atoms with E-state index < -0.39 is 0 Å². The third-order valence-electron chi connectivity index (χ3n) is 5.40. The maximum atomic E-state index is 12.4. The van der Waals surface area contributed by atoms with Gasteiger partial charge in [-0.15, -0.1) is 5.10 Å². The zero-order valence-corrected chi connectivity index (χ0v) is 16.2. The third kappa shape index (κ3) is 4.17. The minimum atomic E-state index is -0.193. The molecule has 1 aromatic heterocycles. The summed E-state index contributed by atoms with van der Waals surface area (Å²) in [6.45, 7) is 3.07. The molecule has 2 aromatic carbocycles. The fourth-order valence-corrected chi connectivity index (χ4v) is 3.84. The van der Waals surface area contributed by atoms with Gasteiger partial charge in [0, 0.05) is 19.0 Å². The van der Waals surface area contributed by atoms with Crippen LogP contribution >= 0.6 is 0 Å². The number of aromatic amines is 1. The molecule has 1 atom stereocenters. The summed E-state index contributed by atoms with van der Waals surface area (Å²) in [6.07, 6.45) is 3.22. The highest BCUT2D eigenvalue weighted by atomic mass is 16.5. The van der Waals surface area contributed by atoms with Crippen LogP contribution < -0.4 is 10.4 Å². The second kappa shape index (κ2) is 8.44. The Bertz CT molecular complexity index is 947. The Morgan fingerprint density at radius 1 is 1.14 bits per heavy atom. The molecule has 6 nitrogen and oxygen atoms in total. The van der Waals surface area contributed by atoms with E-state index in [4.69, 9.17) is 4.74 Å². The largest absolute Gasteiger partial charge is 0.497 e. The average Bonchev–Trinajstić information content (AvgIpc) is 3.15. The third-order valence-corrected chi connectivity index (χ3v) is 5.40. The number of rotatable bonds is 6. The molecule has 1 fully saturated rings. The van der Waals surface area contributed by atoms with E-state index >= 15 is 0 Å². The fraction of sp³-hybridized carbons (Fsp3) is 0.364. The molecule has 146 valence electrons. The van der Waals surface area contributed by atoms with Crippen molar-refractivity contribution in [3.63, 3.8) is 0 Å². The van der Waals surface area contributed by atoms with Gasteiger partial charge in [-0.1, -0.05) is 30.3 Å². The molecule has 1 aliphatic rings. The summed E-state index contributed by atoms with van der Waals surface area (Å²) >= 11 is 0. The lowest BCUT2D eigenvalue weighted by Gasteiger charge is -2.31. The summed E-state index contributed by atoms with van der Waals surface area (Å²) in [4.78, 5) is 17.9. The van der Waals surface area contributed by atoms with E-state index in [0.717, 1.165) is 56.2 Å². The van der Waals surface area contributed by atoms with Crippen molar-refractivity contribution in [2.45, 2.75) is 25.2 Å². The maximum Gasteiger partial charge on any atom is 0.348 e. The standard InChI is InChI=1S/C22H26N4O2/c1-28-20-11-9-19(10-12-20)26-22(27)23-21(24-26)18-8-5-14-25(16-18)15-13-17-6-3-2-4-7-17/h2-4,6-7,9-12,18H,5,8,13-16H2,1H3,(H,23,24,27).